The fourth-order valence-corrected chi connectivity index (χ4v) is 2.93. The van der Waals surface area contributed by atoms with Crippen LogP contribution >= 0.6 is 0 Å². The molecule has 0 unspecified atom stereocenters. The normalized spacial score (nSPS) is 10.4. The van der Waals surface area contributed by atoms with Crippen molar-refractivity contribution in [3.63, 3.8) is 0 Å². The van der Waals surface area contributed by atoms with Crippen LogP contribution in [0.15, 0.2) is 110 Å². The predicted octanol–water partition coefficient (Wildman–Crippen LogP) is 3.15. The van der Waals surface area contributed by atoms with Crippen molar-refractivity contribution in [2.24, 2.45) is 0 Å². The van der Waals surface area contributed by atoms with Gasteiger partial charge in [-0.3, -0.25) is 9.68 Å². The van der Waals surface area contributed by atoms with Gasteiger partial charge in [0.25, 0.3) is 0 Å². The Morgan fingerprint density at radius 3 is 1.11 bits per heavy atom. The molecule has 138 valence electrons. The van der Waals surface area contributed by atoms with Crippen LogP contribution in [0.4, 0.5) is 0 Å². The highest BCUT2D eigenvalue weighted by Gasteiger charge is 2.07. The molecule has 0 amide bonds. The van der Waals surface area contributed by atoms with Crippen LogP contribution in [0.3, 0.4) is 0 Å². The maximum atomic E-state index is 5.69. The van der Waals surface area contributed by atoms with Crippen LogP contribution in [0.2, 0.25) is 0 Å². The van der Waals surface area contributed by atoms with E-state index in [1.807, 2.05) is 85.5 Å². The number of hydrogen-bond donors (Lipinski definition) is 0. The van der Waals surface area contributed by atoms with E-state index in [4.69, 9.17) is 9.68 Å². The van der Waals surface area contributed by atoms with Crippen LogP contribution in [0, 0.1) is 0 Å². The molecule has 4 rings (SSSR count). The van der Waals surface area contributed by atoms with Gasteiger partial charge in [-0.1, -0.05) is 60.7 Å². The van der Waals surface area contributed by atoms with Gasteiger partial charge in [-0.2, -0.15) is 0 Å². The summed E-state index contributed by atoms with van der Waals surface area (Å²) in [5, 5.41) is 0. The van der Waals surface area contributed by atoms with E-state index in [-0.39, 0.29) is 0 Å². The van der Waals surface area contributed by atoms with E-state index >= 15 is 0 Å². The standard InChI is InChI=1S/C24H22N2O2/c1-3-7-21(8-4-1)23-11-15-25(16-12-23)27-19-20-28-26-17-13-24(14-18-26)22-9-5-2-6-10-22/h1-18H,19-20H2/q+2. The molecule has 0 N–H and O–H groups in total. The Labute approximate surface area is 164 Å². The molecule has 0 radical (unpaired) electrons. The van der Waals surface area contributed by atoms with E-state index in [9.17, 15) is 0 Å². The van der Waals surface area contributed by atoms with Crippen molar-refractivity contribution in [3.8, 4) is 22.3 Å². The van der Waals surface area contributed by atoms with Crippen LogP contribution in [0.25, 0.3) is 22.3 Å². The Bertz CT molecular complexity index is 901. The average molecular weight is 370 g/mol. The smallest absolute Gasteiger partial charge is 0.223 e. The minimum Gasteiger partial charge on any atom is -0.267 e. The van der Waals surface area contributed by atoms with Gasteiger partial charge >= 0.3 is 0 Å². The summed E-state index contributed by atoms with van der Waals surface area (Å²) in [6.45, 7) is 0.894. The van der Waals surface area contributed by atoms with Crippen molar-refractivity contribution in [2.45, 2.75) is 0 Å². The van der Waals surface area contributed by atoms with Gasteiger partial charge in [0.05, 0.1) is 0 Å². The molecule has 0 spiro atoms. The number of rotatable bonds is 7. The fraction of sp³-hybridized carbons (Fsp3) is 0.0833. The summed E-state index contributed by atoms with van der Waals surface area (Å²) in [7, 11) is 0. The van der Waals surface area contributed by atoms with Crippen molar-refractivity contribution >= 4 is 0 Å². The molecular weight excluding hydrogens is 348 g/mol. The van der Waals surface area contributed by atoms with E-state index in [2.05, 4.69) is 24.3 Å². The Kier molecular flexibility index (Phi) is 5.59. The Morgan fingerprint density at radius 1 is 0.429 bits per heavy atom. The highest BCUT2D eigenvalue weighted by molar-refractivity contribution is 5.62. The minimum atomic E-state index is 0.447. The summed E-state index contributed by atoms with van der Waals surface area (Å²) in [5.74, 6) is 0. The zero-order valence-corrected chi connectivity index (χ0v) is 15.5. The summed E-state index contributed by atoms with van der Waals surface area (Å²) in [6, 6.07) is 28.7. The second-order valence-corrected chi connectivity index (χ2v) is 6.29. The third-order valence-electron chi connectivity index (χ3n) is 4.38. The first kappa shape index (κ1) is 17.7. The lowest BCUT2D eigenvalue weighted by Crippen LogP contribution is -2.48. The highest BCUT2D eigenvalue weighted by Crippen LogP contribution is 2.17. The Morgan fingerprint density at radius 2 is 0.750 bits per heavy atom. The van der Waals surface area contributed by atoms with E-state index < -0.39 is 0 Å². The van der Waals surface area contributed by atoms with E-state index in [0.717, 1.165) is 11.1 Å². The van der Waals surface area contributed by atoms with Gasteiger partial charge in [0.15, 0.2) is 0 Å². The maximum absolute atomic E-state index is 5.69. The third-order valence-corrected chi connectivity index (χ3v) is 4.38. The third kappa shape index (κ3) is 4.54. The second-order valence-electron chi connectivity index (χ2n) is 6.29. The summed E-state index contributed by atoms with van der Waals surface area (Å²) >= 11 is 0. The topological polar surface area (TPSA) is 26.2 Å². The van der Waals surface area contributed by atoms with Gasteiger partial charge in [0.1, 0.15) is 0 Å². The van der Waals surface area contributed by atoms with Crippen molar-refractivity contribution < 1.29 is 19.1 Å². The quantitative estimate of drug-likeness (QED) is 0.369. The highest BCUT2D eigenvalue weighted by atomic mass is 16.7. The van der Waals surface area contributed by atoms with Crippen LogP contribution < -0.4 is 19.1 Å². The van der Waals surface area contributed by atoms with Crippen LogP contribution in [0.5, 0.6) is 0 Å². The number of aromatic nitrogens is 2. The van der Waals surface area contributed by atoms with Gasteiger partial charge in [0, 0.05) is 33.7 Å². The lowest BCUT2D eigenvalue weighted by molar-refractivity contribution is -0.908. The van der Waals surface area contributed by atoms with Gasteiger partial charge in [0.2, 0.25) is 38.0 Å². The molecule has 0 aliphatic carbocycles. The van der Waals surface area contributed by atoms with Crippen LogP contribution in [-0.2, 0) is 0 Å². The monoisotopic (exact) mass is 370 g/mol. The minimum absolute atomic E-state index is 0.447. The zero-order valence-electron chi connectivity index (χ0n) is 15.5. The van der Waals surface area contributed by atoms with Gasteiger partial charge < -0.3 is 0 Å². The molecule has 2 aromatic carbocycles. The molecule has 4 heteroatoms. The van der Waals surface area contributed by atoms with Crippen LogP contribution in [-0.4, -0.2) is 13.2 Å². The SMILES string of the molecule is c1ccc(-c2cc[n+](OCCO[n+]3ccc(-c4ccccc4)cc3)cc2)cc1. The molecule has 0 aliphatic rings. The van der Waals surface area contributed by atoms with E-state index in [0.29, 0.717) is 13.2 Å². The molecule has 4 nitrogen and oxygen atoms in total. The van der Waals surface area contributed by atoms with Gasteiger partial charge in [-0.25, -0.2) is 0 Å². The maximum Gasteiger partial charge on any atom is 0.223 e. The zero-order chi connectivity index (χ0) is 19.0. The number of pyridine rings is 2. The van der Waals surface area contributed by atoms with Crippen LogP contribution in [0.1, 0.15) is 0 Å². The summed E-state index contributed by atoms with van der Waals surface area (Å²) in [6.07, 6.45) is 7.63. The van der Waals surface area contributed by atoms with Crippen molar-refractivity contribution in [2.75, 3.05) is 13.2 Å². The van der Waals surface area contributed by atoms with E-state index in [1.54, 1.807) is 9.46 Å². The van der Waals surface area contributed by atoms with Crippen molar-refractivity contribution in [1.29, 1.82) is 0 Å². The first-order valence-corrected chi connectivity index (χ1v) is 9.28. The molecule has 0 bridgehead atoms. The predicted molar refractivity (Wildman–Crippen MR) is 107 cm³/mol. The molecule has 2 aromatic heterocycles. The molecular formula is C24H22N2O2+2. The molecule has 0 saturated heterocycles. The lowest BCUT2D eigenvalue weighted by atomic mass is 10.1. The molecule has 4 aromatic rings. The molecule has 0 fully saturated rings. The lowest BCUT2D eigenvalue weighted by Gasteiger charge is -2.02. The first-order chi connectivity index (χ1) is 13.9. The molecule has 0 atom stereocenters. The van der Waals surface area contributed by atoms with Crippen molar-refractivity contribution in [3.05, 3.63) is 110 Å². The largest absolute Gasteiger partial charge is 0.267 e. The molecule has 2 heterocycles. The average Bonchev–Trinajstić information content (AvgIpc) is 2.79. The Balaban J connectivity index is 1.25. The number of nitrogens with zero attached hydrogens (tertiary/aromatic N) is 2. The van der Waals surface area contributed by atoms with Gasteiger partial charge in [-0.05, 0) is 22.3 Å². The summed E-state index contributed by atoms with van der Waals surface area (Å²) in [4.78, 5) is 11.4. The molecule has 28 heavy (non-hydrogen) atoms. The molecule has 0 saturated carbocycles. The number of hydrogen-bond acceptors (Lipinski definition) is 2. The van der Waals surface area contributed by atoms with Gasteiger partial charge in [-0.15, -0.1) is 0 Å². The Hall–Kier alpha value is -3.66. The molecule has 0 aliphatic heterocycles. The number of benzene rings is 2. The summed E-state index contributed by atoms with van der Waals surface area (Å²) in [5.41, 5.74) is 4.69. The van der Waals surface area contributed by atoms with Crippen molar-refractivity contribution in [1.82, 2.24) is 0 Å². The van der Waals surface area contributed by atoms with E-state index in [1.165, 1.54) is 11.1 Å². The first-order valence-electron chi connectivity index (χ1n) is 9.28. The summed E-state index contributed by atoms with van der Waals surface area (Å²) < 4.78 is 3.39. The fourth-order valence-electron chi connectivity index (χ4n) is 2.93. The second kappa shape index (κ2) is 8.82.